The second-order valence-corrected chi connectivity index (χ2v) is 5.66. The van der Waals surface area contributed by atoms with Gasteiger partial charge < -0.3 is 9.52 Å². The van der Waals surface area contributed by atoms with Crippen molar-refractivity contribution in [2.45, 2.75) is 0 Å². The van der Waals surface area contributed by atoms with Crippen LogP contribution in [-0.4, -0.2) is 10.9 Å². The van der Waals surface area contributed by atoms with Crippen LogP contribution in [-0.2, 0) is 0 Å². The number of hydrogen-bond donors (Lipinski definition) is 1. The van der Waals surface area contributed by atoms with Crippen molar-refractivity contribution in [2.24, 2.45) is 0 Å². The molecule has 0 aliphatic rings. The van der Waals surface area contributed by atoms with Crippen molar-refractivity contribution in [3.8, 4) is 17.1 Å². The lowest BCUT2D eigenvalue weighted by Crippen LogP contribution is -2.04. The summed E-state index contributed by atoms with van der Waals surface area (Å²) in [5, 5.41) is 10.1. The van der Waals surface area contributed by atoms with Gasteiger partial charge in [-0.3, -0.25) is 4.79 Å². The van der Waals surface area contributed by atoms with E-state index in [0.717, 1.165) is 0 Å². The Morgan fingerprint density at radius 3 is 2.32 bits per heavy atom. The number of hydrogen-bond acceptors (Lipinski definition) is 3. The predicted octanol–water partition coefficient (Wildman–Crippen LogP) is 5.18. The predicted molar refractivity (Wildman–Crippen MR) is 93.1 cm³/mol. The molecular weight excluding hydrogens is 319 g/mol. The first-order chi connectivity index (χ1) is 12.1. The van der Waals surface area contributed by atoms with Crippen molar-refractivity contribution in [2.75, 3.05) is 0 Å². The molecule has 1 N–H and O–H groups in total. The highest BCUT2D eigenvalue weighted by Crippen LogP contribution is 2.36. The van der Waals surface area contributed by atoms with Gasteiger partial charge in [-0.05, 0) is 42.5 Å². The SMILES string of the molecule is O=C(c1ccccc1F)c1c(-c2ccc(O)cc2)oc2ccccc12. The van der Waals surface area contributed by atoms with Gasteiger partial charge in [-0.2, -0.15) is 0 Å². The van der Waals surface area contributed by atoms with Crippen LogP contribution >= 0.6 is 0 Å². The van der Waals surface area contributed by atoms with Gasteiger partial charge in [0.05, 0.1) is 11.1 Å². The molecule has 0 saturated heterocycles. The Morgan fingerprint density at radius 1 is 0.880 bits per heavy atom. The zero-order chi connectivity index (χ0) is 17.4. The summed E-state index contributed by atoms with van der Waals surface area (Å²) in [5.41, 5.74) is 1.49. The van der Waals surface area contributed by atoms with Gasteiger partial charge >= 0.3 is 0 Å². The highest BCUT2D eigenvalue weighted by atomic mass is 19.1. The van der Waals surface area contributed by atoms with Gasteiger partial charge in [-0.25, -0.2) is 4.39 Å². The zero-order valence-corrected chi connectivity index (χ0v) is 13.1. The van der Waals surface area contributed by atoms with Gasteiger partial charge in [-0.1, -0.05) is 30.3 Å². The molecule has 0 radical (unpaired) electrons. The molecule has 4 aromatic rings. The van der Waals surface area contributed by atoms with Crippen molar-refractivity contribution in [3.05, 3.63) is 89.7 Å². The fourth-order valence-electron chi connectivity index (χ4n) is 2.87. The van der Waals surface area contributed by atoms with E-state index in [0.29, 0.717) is 27.9 Å². The largest absolute Gasteiger partial charge is 0.508 e. The standard InChI is InChI=1S/C21H13FO3/c22-17-7-3-1-5-15(17)20(24)19-16-6-2-4-8-18(16)25-21(19)13-9-11-14(23)12-10-13/h1-12,23H. The molecule has 0 unspecified atom stereocenters. The number of ketones is 1. The summed E-state index contributed by atoms with van der Waals surface area (Å²) < 4.78 is 20.0. The van der Waals surface area contributed by atoms with Crippen molar-refractivity contribution >= 4 is 16.8 Å². The first-order valence-electron chi connectivity index (χ1n) is 7.75. The first kappa shape index (κ1) is 15.1. The van der Waals surface area contributed by atoms with Gasteiger partial charge in [0.1, 0.15) is 22.9 Å². The molecule has 25 heavy (non-hydrogen) atoms. The fraction of sp³-hybridized carbons (Fsp3) is 0. The van der Waals surface area contributed by atoms with Crippen LogP contribution in [0.4, 0.5) is 4.39 Å². The summed E-state index contributed by atoms with van der Waals surface area (Å²) in [5.74, 6) is -0.545. The molecule has 0 bridgehead atoms. The monoisotopic (exact) mass is 332 g/mol. The van der Waals surface area contributed by atoms with Crippen LogP contribution in [0.15, 0.2) is 77.2 Å². The van der Waals surface area contributed by atoms with Crippen LogP contribution in [0.5, 0.6) is 5.75 Å². The van der Waals surface area contributed by atoms with E-state index in [4.69, 9.17) is 4.42 Å². The Hall–Kier alpha value is -3.40. The summed E-state index contributed by atoms with van der Waals surface area (Å²) in [6.45, 7) is 0. The summed E-state index contributed by atoms with van der Waals surface area (Å²) >= 11 is 0. The Labute approximate surface area is 143 Å². The summed E-state index contributed by atoms with van der Waals surface area (Å²) in [4.78, 5) is 13.1. The minimum absolute atomic E-state index is 0.00548. The van der Waals surface area contributed by atoms with Crippen LogP contribution in [0.1, 0.15) is 15.9 Å². The molecule has 1 aromatic heterocycles. The molecule has 1 heterocycles. The first-order valence-corrected chi connectivity index (χ1v) is 7.75. The number of fused-ring (bicyclic) bond motifs is 1. The number of aromatic hydroxyl groups is 1. The third kappa shape index (κ3) is 2.58. The molecule has 0 saturated carbocycles. The average molecular weight is 332 g/mol. The second kappa shape index (κ2) is 5.91. The lowest BCUT2D eigenvalue weighted by Gasteiger charge is -2.05. The van der Waals surface area contributed by atoms with Crippen molar-refractivity contribution in [3.63, 3.8) is 0 Å². The van der Waals surface area contributed by atoms with Gasteiger partial charge in [0.25, 0.3) is 0 Å². The number of benzene rings is 3. The second-order valence-electron chi connectivity index (χ2n) is 5.66. The van der Waals surface area contributed by atoms with E-state index in [1.165, 1.54) is 24.3 Å². The van der Waals surface area contributed by atoms with E-state index >= 15 is 0 Å². The molecule has 4 heteroatoms. The molecule has 0 aliphatic heterocycles. The Kier molecular flexibility index (Phi) is 3.58. The minimum atomic E-state index is -0.575. The zero-order valence-electron chi connectivity index (χ0n) is 13.1. The number of phenolic OH excluding ortho intramolecular Hbond substituents is 1. The average Bonchev–Trinajstić information content (AvgIpc) is 3.01. The van der Waals surface area contributed by atoms with Gasteiger partial charge in [0.2, 0.25) is 0 Å². The van der Waals surface area contributed by atoms with Crippen LogP contribution in [0.2, 0.25) is 0 Å². The third-order valence-corrected chi connectivity index (χ3v) is 4.07. The molecule has 3 nitrogen and oxygen atoms in total. The summed E-state index contributed by atoms with van der Waals surface area (Å²) in [6, 6.07) is 19.4. The number of phenols is 1. The van der Waals surface area contributed by atoms with Crippen molar-refractivity contribution < 1.29 is 18.7 Å². The van der Waals surface area contributed by atoms with Crippen molar-refractivity contribution in [1.29, 1.82) is 0 Å². The van der Waals surface area contributed by atoms with E-state index in [1.54, 1.807) is 42.5 Å². The number of halogens is 1. The molecule has 0 atom stereocenters. The lowest BCUT2D eigenvalue weighted by atomic mass is 9.97. The molecule has 0 amide bonds. The maximum absolute atomic E-state index is 14.1. The van der Waals surface area contributed by atoms with Crippen LogP contribution in [0.3, 0.4) is 0 Å². The van der Waals surface area contributed by atoms with Gasteiger partial charge in [0.15, 0.2) is 5.78 Å². The number of furan rings is 1. The van der Waals surface area contributed by atoms with E-state index in [1.807, 2.05) is 6.07 Å². The molecule has 0 spiro atoms. The molecular formula is C21H13FO3. The molecule has 0 aliphatic carbocycles. The van der Waals surface area contributed by atoms with Crippen molar-refractivity contribution in [1.82, 2.24) is 0 Å². The summed E-state index contributed by atoms with van der Waals surface area (Å²) in [6.07, 6.45) is 0. The van der Waals surface area contributed by atoms with Gasteiger partial charge in [-0.15, -0.1) is 0 Å². The Morgan fingerprint density at radius 2 is 1.56 bits per heavy atom. The van der Waals surface area contributed by atoms with E-state index in [9.17, 15) is 14.3 Å². The Balaban J connectivity index is 1.98. The summed E-state index contributed by atoms with van der Waals surface area (Å²) in [7, 11) is 0. The minimum Gasteiger partial charge on any atom is -0.508 e. The molecule has 3 aromatic carbocycles. The molecule has 122 valence electrons. The third-order valence-electron chi connectivity index (χ3n) is 4.07. The van der Waals surface area contributed by atoms with Gasteiger partial charge in [0, 0.05) is 10.9 Å². The smallest absolute Gasteiger partial charge is 0.200 e. The molecule has 0 fully saturated rings. The topological polar surface area (TPSA) is 50.4 Å². The normalized spacial score (nSPS) is 10.9. The highest BCUT2D eigenvalue weighted by molar-refractivity contribution is 6.19. The quantitative estimate of drug-likeness (QED) is 0.526. The Bertz CT molecular complexity index is 1080. The lowest BCUT2D eigenvalue weighted by molar-refractivity contribution is 0.103. The van der Waals surface area contributed by atoms with E-state index in [-0.39, 0.29) is 11.3 Å². The number of rotatable bonds is 3. The van der Waals surface area contributed by atoms with Crippen LogP contribution in [0, 0.1) is 5.82 Å². The highest BCUT2D eigenvalue weighted by Gasteiger charge is 2.24. The van der Waals surface area contributed by atoms with Crippen LogP contribution in [0.25, 0.3) is 22.3 Å². The number of carbonyl (C=O) groups is 1. The van der Waals surface area contributed by atoms with E-state index in [2.05, 4.69) is 0 Å². The van der Waals surface area contributed by atoms with E-state index < -0.39 is 11.6 Å². The van der Waals surface area contributed by atoms with Crippen LogP contribution < -0.4 is 0 Å². The fourth-order valence-corrected chi connectivity index (χ4v) is 2.87. The number of carbonyl (C=O) groups excluding carboxylic acids is 1. The maximum atomic E-state index is 14.1. The number of para-hydroxylation sites is 1. The molecule has 4 rings (SSSR count). The maximum Gasteiger partial charge on any atom is 0.200 e.